The highest BCUT2D eigenvalue weighted by atomic mass is 32.1. The van der Waals surface area contributed by atoms with E-state index in [1.807, 2.05) is 29.6 Å². The Labute approximate surface area is 193 Å². The lowest BCUT2D eigenvalue weighted by Crippen LogP contribution is -2.08. The van der Waals surface area contributed by atoms with Gasteiger partial charge in [0.1, 0.15) is 5.65 Å². The van der Waals surface area contributed by atoms with Gasteiger partial charge < -0.3 is 9.67 Å². The molecule has 0 unspecified atom stereocenters. The van der Waals surface area contributed by atoms with Crippen LogP contribution in [-0.2, 0) is 13.0 Å². The first kappa shape index (κ1) is 21.0. The summed E-state index contributed by atoms with van der Waals surface area (Å²) in [5.41, 5.74) is 5.00. The standard InChI is InChI=1S/C24H22N6O2S/c1-2-3-12-30-19(20(24(31)32)18-5-4-11-25-23(18)30)14-15-6-8-16(9-7-15)17-10-13-33-21(17)22-26-28-29-27-22/h4-11,13H,2-3,12,14H2,1H3,(H,31,32)(H,26,27,28,29). The topological polar surface area (TPSA) is 110 Å². The number of aryl methyl sites for hydroxylation is 1. The molecule has 4 heterocycles. The van der Waals surface area contributed by atoms with E-state index in [4.69, 9.17) is 0 Å². The van der Waals surface area contributed by atoms with Gasteiger partial charge in [-0.2, -0.15) is 5.21 Å². The normalized spacial score (nSPS) is 11.3. The number of rotatable bonds is 8. The molecule has 1 aromatic carbocycles. The van der Waals surface area contributed by atoms with E-state index < -0.39 is 5.97 Å². The van der Waals surface area contributed by atoms with Crippen LogP contribution in [0.5, 0.6) is 0 Å². The number of carboxylic acid groups (broad SMARTS) is 1. The Morgan fingerprint density at radius 1 is 1.18 bits per heavy atom. The molecule has 5 aromatic rings. The number of hydrogen-bond acceptors (Lipinski definition) is 6. The van der Waals surface area contributed by atoms with Crippen molar-refractivity contribution in [2.75, 3.05) is 0 Å². The van der Waals surface area contributed by atoms with E-state index in [9.17, 15) is 9.90 Å². The summed E-state index contributed by atoms with van der Waals surface area (Å²) in [5, 5.41) is 27.1. The second-order valence-corrected chi connectivity index (χ2v) is 8.70. The lowest BCUT2D eigenvalue weighted by atomic mass is 10.0. The Kier molecular flexibility index (Phi) is 5.70. The lowest BCUT2D eigenvalue weighted by molar-refractivity contribution is 0.0697. The van der Waals surface area contributed by atoms with Crippen LogP contribution in [0.25, 0.3) is 32.9 Å². The molecule has 0 saturated heterocycles. The second-order valence-electron chi connectivity index (χ2n) is 7.78. The Bertz CT molecular complexity index is 1400. The minimum Gasteiger partial charge on any atom is -0.478 e. The Balaban J connectivity index is 1.52. The molecule has 2 N–H and O–H groups in total. The van der Waals surface area contributed by atoms with Crippen LogP contribution in [0.1, 0.15) is 41.4 Å². The highest BCUT2D eigenvalue weighted by Crippen LogP contribution is 2.35. The van der Waals surface area contributed by atoms with Gasteiger partial charge in [-0.25, -0.2) is 9.78 Å². The van der Waals surface area contributed by atoms with Crippen LogP contribution < -0.4 is 0 Å². The first-order chi connectivity index (χ1) is 16.2. The monoisotopic (exact) mass is 458 g/mol. The number of carbonyl (C=O) groups is 1. The quantitative estimate of drug-likeness (QED) is 0.337. The van der Waals surface area contributed by atoms with E-state index in [1.54, 1.807) is 23.6 Å². The second kappa shape index (κ2) is 8.95. The molecule has 4 aromatic heterocycles. The molecule has 0 amide bonds. The van der Waals surface area contributed by atoms with Crippen LogP contribution >= 0.6 is 11.3 Å². The maximum absolute atomic E-state index is 12.2. The van der Waals surface area contributed by atoms with E-state index in [2.05, 4.69) is 49.2 Å². The number of carboxylic acids is 1. The number of nitrogens with zero attached hydrogens (tertiary/aromatic N) is 5. The van der Waals surface area contributed by atoms with Crippen molar-refractivity contribution < 1.29 is 9.90 Å². The van der Waals surface area contributed by atoms with Crippen LogP contribution in [0.3, 0.4) is 0 Å². The zero-order valence-corrected chi connectivity index (χ0v) is 18.8. The Hall–Kier alpha value is -3.85. The van der Waals surface area contributed by atoms with Gasteiger partial charge in [0.05, 0.1) is 10.4 Å². The van der Waals surface area contributed by atoms with Gasteiger partial charge in [-0.05, 0) is 46.3 Å². The molecule has 0 aliphatic carbocycles. The Morgan fingerprint density at radius 3 is 2.76 bits per heavy atom. The van der Waals surface area contributed by atoms with Crippen LogP contribution in [0.4, 0.5) is 0 Å². The van der Waals surface area contributed by atoms with Crippen molar-refractivity contribution in [2.45, 2.75) is 32.7 Å². The number of H-pyrrole nitrogens is 1. The number of aromatic nitrogens is 6. The lowest BCUT2D eigenvalue weighted by Gasteiger charge is -2.11. The fourth-order valence-corrected chi connectivity index (χ4v) is 5.01. The minimum absolute atomic E-state index is 0.343. The summed E-state index contributed by atoms with van der Waals surface area (Å²) in [6.45, 7) is 2.87. The molecule has 166 valence electrons. The summed E-state index contributed by atoms with van der Waals surface area (Å²) in [7, 11) is 0. The zero-order chi connectivity index (χ0) is 22.8. The van der Waals surface area contributed by atoms with Crippen LogP contribution in [-0.4, -0.2) is 41.3 Å². The van der Waals surface area contributed by atoms with Crippen molar-refractivity contribution in [3.05, 3.63) is 70.9 Å². The first-order valence-corrected chi connectivity index (χ1v) is 11.6. The maximum Gasteiger partial charge on any atom is 0.338 e. The molecule has 9 heteroatoms. The van der Waals surface area contributed by atoms with Crippen LogP contribution in [0.2, 0.25) is 0 Å². The zero-order valence-electron chi connectivity index (χ0n) is 18.0. The van der Waals surface area contributed by atoms with Gasteiger partial charge in [0.2, 0.25) is 5.82 Å². The number of fused-ring (bicyclic) bond motifs is 1. The number of benzene rings is 1. The van der Waals surface area contributed by atoms with Gasteiger partial charge in [0.25, 0.3) is 0 Å². The van der Waals surface area contributed by atoms with Gasteiger partial charge >= 0.3 is 5.97 Å². The highest BCUT2D eigenvalue weighted by molar-refractivity contribution is 7.14. The molecule has 0 aliphatic rings. The molecule has 5 rings (SSSR count). The SMILES string of the molecule is CCCCn1c(Cc2ccc(-c3ccsc3-c3nn[nH]n3)cc2)c(C(=O)O)c2cccnc21. The van der Waals surface area contributed by atoms with Crippen molar-refractivity contribution >= 4 is 28.3 Å². The fraction of sp³-hybridized carbons (Fsp3) is 0.208. The first-order valence-electron chi connectivity index (χ1n) is 10.8. The summed E-state index contributed by atoms with van der Waals surface area (Å²) in [4.78, 5) is 17.7. The maximum atomic E-state index is 12.2. The van der Waals surface area contributed by atoms with E-state index >= 15 is 0 Å². The van der Waals surface area contributed by atoms with E-state index in [0.29, 0.717) is 23.2 Å². The Morgan fingerprint density at radius 2 is 2.03 bits per heavy atom. The van der Waals surface area contributed by atoms with Gasteiger partial charge in [0, 0.05) is 35.8 Å². The third-order valence-electron chi connectivity index (χ3n) is 5.73. The number of hydrogen-bond donors (Lipinski definition) is 2. The number of nitrogens with one attached hydrogen (secondary N) is 1. The molecule has 0 saturated carbocycles. The molecule has 0 spiro atoms. The van der Waals surface area contributed by atoms with Crippen molar-refractivity contribution in [1.82, 2.24) is 30.2 Å². The number of tetrazole rings is 1. The number of aromatic carboxylic acids is 1. The molecular formula is C24H22N6O2S. The van der Waals surface area contributed by atoms with E-state index in [0.717, 1.165) is 52.3 Å². The average Bonchev–Trinajstić information content (AvgIpc) is 3.57. The smallest absolute Gasteiger partial charge is 0.338 e. The fourth-order valence-electron chi connectivity index (χ4n) is 4.17. The third kappa shape index (κ3) is 3.91. The summed E-state index contributed by atoms with van der Waals surface area (Å²) in [5.74, 6) is -0.346. The van der Waals surface area contributed by atoms with Gasteiger partial charge in [0.15, 0.2) is 0 Å². The van der Waals surface area contributed by atoms with Gasteiger partial charge in [-0.15, -0.1) is 21.5 Å². The summed E-state index contributed by atoms with van der Waals surface area (Å²) in [6, 6.07) is 13.9. The third-order valence-corrected chi connectivity index (χ3v) is 6.64. The molecule has 0 radical (unpaired) electrons. The number of unbranched alkanes of at least 4 members (excludes halogenated alkanes) is 1. The number of aromatic amines is 1. The number of pyridine rings is 1. The molecule has 0 fully saturated rings. The average molecular weight is 459 g/mol. The molecule has 8 nitrogen and oxygen atoms in total. The van der Waals surface area contributed by atoms with E-state index in [-0.39, 0.29) is 0 Å². The predicted octanol–water partition coefficient (Wildman–Crippen LogP) is 5.03. The summed E-state index contributed by atoms with van der Waals surface area (Å²) >= 11 is 1.57. The molecule has 0 atom stereocenters. The van der Waals surface area contributed by atoms with Crippen LogP contribution in [0.15, 0.2) is 54.0 Å². The predicted molar refractivity (Wildman–Crippen MR) is 127 cm³/mol. The molecule has 0 bridgehead atoms. The van der Waals surface area contributed by atoms with Crippen molar-refractivity contribution in [3.8, 4) is 21.8 Å². The van der Waals surface area contributed by atoms with Crippen molar-refractivity contribution in [2.24, 2.45) is 0 Å². The highest BCUT2D eigenvalue weighted by Gasteiger charge is 2.23. The summed E-state index contributed by atoms with van der Waals surface area (Å²) in [6.07, 6.45) is 4.22. The largest absolute Gasteiger partial charge is 0.478 e. The van der Waals surface area contributed by atoms with E-state index in [1.165, 1.54) is 0 Å². The molecule has 33 heavy (non-hydrogen) atoms. The summed E-state index contributed by atoms with van der Waals surface area (Å²) < 4.78 is 2.07. The minimum atomic E-state index is -0.919. The molecule has 0 aliphatic heterocycles. The van der Waals surface area contributed by atoms with Gasteiger partial charge in [-0.1, -0.05) is 37.6 Å². The van der Waals surface area contributed by atoms with Crippen molar-refractivity contribution in [3.63, 3.8) is 0 Å². The molecular weight excluding hydrogens is 436 g/mol. The van der Waals surface area contributed by atoms with Gasteiger partial charge in [-0.3, -0.25) is 0 Å². The number of thiophene rings is 1. The van der Waals surface area contributed by atoms with Crippen molar-refractivity contribution in [1.29, 1.82) is 0 Å². The van der Waals surface area contributed by atoms with Crippen LogP contribution in [0, 0.1) is 0 Å².